The van der Waals surface area contributed by atoms with Crippen molar-refractivity contribution in [3.8, 4) is 0 Å². The molecule has 0 radical (unpaired) electrons. The number of hydrogen-bond donors (Lipinski definition) is 2. The van der Waals surface area contributed by atoms with Gasteiger partial charge in [0.05, 0.1) is 13.2 Å². The quantitative estimate of drug-likeness (QED) is 0.798. The predicted molar refractivity (Wildman–Crippen MR) is 80.5 cm³/mol. The van der Waals surface area contributed by atoms with E-state index in [2.05, 4.69) is 10.1 Å². The minimum atomic E-state index is -1.25. The Morgan fingerprint density at radius 3 is 2.24 bits per heavy atom. The van der Waals surface area contributed by atoms with Gasteiger partial charge in [0.2, 0.25) is 0 Å². The van der Waals surface area contributed by atoms with Gasteiger partial charge >= 0.3 is 5.97 Å². The van der Waals surface area contributed by atoms with E-state index in [1.807, 2.05) is 60.7 Å². The van der Waals surface area contributed by atoms with Crippen molar-refractivity contribution in [1.29, 1.82) is 0 Å². The molecule has 0 saturated carbocycles. The van der Waals surface area contributed by atoms with Crippen molar-refractivity contribution in [2.24, 2.45) is 0 Å². The van der Waals surface area contributed by atoms with Crippen LogP contribution in [0.15, 0.2) is 60.7 Å². The van der Waals surface area contributed by atoms with Crippen LogP contribution in [-0.2, 0) is 16.1 Å². The van der Waals surface area contributed by atoms with Crippen molar-refractivity contribution < 1.29 is 14.6 Å². The third-order valence-electron chi connectivity index (χ3n) is 3.29. The van der Waals surface area contributed by atoms with Crippen LogP contribution in [0.3, 0.4) is 0 Å². The Hall–Kier alpha value is -2.17. The van der Waals surface area contributed by atoms with Crippen LogP contribution in [-0.4, -0.2) is 24.3 Å². The van der Waals surface area contributed by atoms with Gasteiger partial charge in [0, 0.05) is 6.54 Å². The van der Waals surface area contributed by atoms with Crippen molar-refractivity contribution in [3.63, 3.8) is 0 Å². The number of nitrogens with one attached hydrogen (secondary N) is 1. The van der Waals surface area contributed by atoms with Gasteiger partial charge in [0.25, 0.3) is 0 Å². The van der Waals surface area contributed by atoms with E-state index in [4.69, 9.17) is 0 Å². The van der Waals surface area contributed by atoms with E-state index >= 15 is 0 Å². The molecular formula is C17H19NO3. The van der Waals surface area contributed by atoms with Gasteiger partial charge in [0.1, 0.15) is 0 Å². The van der Waals surface area contributed by atoms with E-state index in [1.54, 1.807) is 0 Å². The molecule has 2 aromatic rings. The van der Waals surface area contributed by atoms with E-state index in [1.165, 1.54) is 7.11 Å². The van der Waals surface area contributed by atoms with E-state index in [9.17, 15) is 9.90 Å². The topological polar surface area (TPSA) is 58.6 Å². The highest BCUT2D eigenvalue weighted by atomic mass is 16.5. The van der Waals surface area contributed by atoms with Gasteiger partial charge < -0.3 is 15.2 Å². The molecule has 0 bridgehead atoms. The van der Waals surface area contributed by atoms with Gasteiger partial charge in [-0.1, -0.05) is 60.7 Å². The van der Waals surface area contributed by atoms with Crippen LogP contribution in [0.4, 0.5) is 0 Å². The van der Waals surface area contributed by atoms with Gasteiger partial charge in [-0.3, -0.25) is 0 Å². The molecule has 0 amide bonds. The maximum atomic E-state index is 11.6. The molecule has 2 N–H and O–H groups in total. The predicted octanol–water partition coefficient (Wildman–Crippen LogP) is 2.05. The standard InChI is InChI=1S/C17H19NO3/c1-21-17(20)16(19)15(14-10-6-3-7-11-14)18-12-13-8-4-2-5-9-13/h2-11,15-16,18-19H,12H2,1H3. The number of esters is 1. The normalized spacial score (nSPS) is 13.4. The molecule has 110 valence electrons. The Balaban J connectivity index is 2.14. The second kappa shape index (κ2) is 7.57. The average molecular weight is 285 g/mol. The molecule has 2 rings (SSSR count). The Labute approximate surface area is 124 Å². The van der Waals surface area contributed by atoms with Crippen molar-refractivity contribution >= 4 is 5.97 Å². The van der Waals surface area contributed by atoms with Crippen molar-refractivity contribution in [2.45, 2.75) is 18.7 Å². The fourth-order valence-corrected chi connectivity index (χ4v) is 2.15. The summed E-state index contributed by atoms with van der Waals surface area (Å²) < 4.78 is 4.64. The lowest BCUT2D eigenvalue weighted by Gasteiger charge is -2.23. The summed E-state index contributed by atoms with van der Waals surface area (Å²) in [6.45, 7) is 0.550. The molecule has 0 heterocycles. The molecule has 2 aromatic carbocycles. The number of benzene rings is 2. The third-order valence-corrected chi connectivity index (χ3v) is 3.29. The monoisotopic (exact) mass is 285 g/mol. The van der Waals surface area contributed by atoms with Gasteiger partial charge in [-0.25, -0.2) is 4.79 Å². The van der Waals surface area contributed by atoms with Crippen LogP contribution in [0.2, 0.25) is 0 Å². The molecule has 2 unspecified atom stereocenters. The minimum Gasteiger partial charge on any atom is -0.467 e. The Morgan fingerprint density at radius 1 is 1.10 bits per heavy atom. The number of carbonyl (C=O) groups excluding carboxylic acids is 1. The Kier molecular flexibility index (Phi) is 5.49. The molecule has 0 aromatic heterocycles. The van der Waals surface area contributed by atoms with E-state index < -0.39 is 18.1 Å². The first-order chi connectivity index (χ1) is 10.2. The van der Waals surface area contributed by atoms with Crippen LogP contribution >= 0.6 is 0 Å². The summed E-state index contributed by atoms with van der Waals surface area (Å²) in [4.78, 5) is 11.6. The SMILES string of the molecule is COC(=O)C(O)C(NCc1ccccc1)c1ccccc1. The summed E-state index contributed by atoms with van der Waals surface area (Å²) in [7, 11) is 1.27. The number of ether oxygens (including phenoxy) is 1. The minimum absolute atomic E-state index is 0.515. The van der Waals surface area contributed by atoms with Gasteiger partial charge in [0.15, 0.2) is 6.10 Å². The largest absolute Gasteiger partial charge is 0.467 e. The van der Waals surface area contributed by atoms with Crippen LogP contribution in [0.5, 0.6) is 0 Å². The zero-order valence-corrected chi connectivity index (χ0v) is 11.9. The number of aliphatic hydroxyl groups is 1. The van der Waals surface area contributed by atoms with Crippen LogP contribution < -0.4 is 5.32 Å². The summed E-state index contributed by atoms with van der Waals surface area (Å²) in [5, 5.41) is 13.4. The second-order valence-electron chi connectivity index (χ2n) is 4.72. The fourth-order valence-electron chi connectivity index (χ4n) is 2.15. The van der Waals surface area contributed by atoms with E-state index in [0.29, 0.717) is 6.54 Å². The second-order valence-corrected chi connectivity index (χ2v) is 4.72. The summed E-state index contributed by atoms with van der Waals surface area (Å²) in [6.07, 6.45) is -1.25. The highest BCUT2D eigenvalue weighted by molar-refractivity contribution is 5.75. The van der Waals surface area contributed by atoms with Gasteiger partial charge in [-0.15, -0.1) is 0 Å². The molecule has 0 spiro atoms. The lowest BCUT2D eigenvalue weighted by Crippen LogP contribution is -2.37. The molecular weight excluding hydrogens is 266 g/mol. The van der Waals surface area contributed by atoms with Crippen LogP contribution in [0, 0.1) is 0 Å². The first-order valence-corrected chi connectivity index (χ1v) is 6.80. The highest BCUT2D eigenvalue weighted by Gasteiger charge is 2.27. The van der Waals surface area contributed by atoms with Crippen LogP contribution in [0.1, 0.15) is 17.2 Å². The lowest BCUT2D eigenvalue weighted by molar-refractivity contribution is -0.152. The molecule has 0 fully saturated rings. The maximum Gasteiger partial charge on any atom is 0.336 e. The summed E-state index contributed by atoms with van der Waals surface area (Å²) in [5.74, 6) is -0.649. The molecule has 21 heavy (non-hydrogen) atoms. The number of rotatable bonds is 6. The van der Waals surface area contributed by atoms with Crippen molar-refractivity contribution in [2.75, 3.05) is 7.11 Å². The first kappa shape index (κ1) is 15.2. The van der Waals surface area contributed by atoms with E-state index in [0.717, 1.165) is 11.1 Å². The zero-order valence-electron chi connectivity index (χ0n) is 11.9. The summed E-state index contributed by atoms with van der Waals surface area (Å²) in [6, 6.07) is 18.7. The molecule has 4 nitrogen and oxygen atoms in total. The molecule has 0 aliphatic carbocycles. The molecule has 0 aliphatic heterocycles. The van der Waals surface area contributed by atoms with Crippen LogP contribution in [0.25, 0.3) is 0 Å². The highest BCUT2D eigenvalue weighted by Crippen LogP contribution is 2.18. The number of carbonyl (C=O) groups is 1. The smallest absolute Gasteiger partial charge is 0.336 e. The van der Waals surface area contributed by atoms with Gasteiger partial charge in [-0.2, -0.15) is 0 Å². The van der Waals surface area contributed by atoms with Gasteiger partial charge in [-0.05, 0) is 11.1 Å². The average Bonchev–Trinajstić information content (AvgIpc) is 2.56. The number of hydrogen-bond acceptors (Lipinski definition) is 4. The molecule has 2 atom stereocenters. The maximum absolute atomic E-state index is 11.6. The lowest BCUT2D eigenvalue weighted by atomic mass is 10.0. The first-order valence-electron chi connectivity index (χ1n) is 6.80. The Morgan fingerprint density at radius 2 is 1.67 bits per heavy atom. The summed E-state index contributed by atoms with van der Waals surface area (Å²) in [5.41, 5.74) is 1.92. The number of aliphatic hydroxyl groups excluding tert-OH is 1. The molecule has 0 saturated heterocycles. The van der Waals surface area contributed by atoms with E-state index in [-0.39, 0.29) is 0 Å². The number of methoxy groups -OCH3 is 1. The third kappa shape index (κ3) is 4.15. The summed E-state index contributed by atoms with van der Waals surface area (Å²) >= 11 is 0. The molecule has 0 aliphatic rings. The van der Waals surface area contributed by atoms with Crippen molar-refractivity contribution in [1.82, 2.24) is 5.32 Å². The fraction of sp³-hybridized carbons (Fsp3) is 0.235. The Bertz CT molecular complexity index is 557. The zero-order chi connectivity index (χ0) is 15.1. The van der Waals surface area contributed by atoms with Crippen molar-refractivity contribution in [3.05, 3.63) is 71.8 Å². The molecule has 4 heteroatoms.